The van der Waals surface area contributed by atoms with Crippen molar-refractivity contribution in [3.8, 4) is 6.07 Å². The largest absolute Gasteiger partial charge is 0.297 e. The molecule has 0 aliphatic carbocycles. The van der Waals surface area contributed by atoms with Crippen LogP contribution in [-0.2, 0) is 11.3 Å². The molecule has 2 aromatic rings. The highest BCUT2D eigenvalue weighted by atomic mass is 127. The predicted molar refractivity (Wildman–Crippen MR) is 129 cm³/mol. The van der Waals surface area contributed by atoms with Gasteiger partial charge in [0.15, 0.2) is 0 Å². The summed E-state index contributed by atoms with van der Waals surface area (Å²) in [6, 6.07) is 3.55. The van der Waals surface area contributed by atoms with Gasteiger partial charge in [0.2, 0.25) is 0 Å². The van der Waals surface area contributed by atoms with Crippen molar-refractivity contribution < 1.29 is 4.79 Å². The number of carbonyl (C=O) groups excluding carboxylic acids is 1. The average molecular weight is 618 g/mol. The second-order valence-corrected chi connectivity index (χ2v) is 8.81. The van der Waals surface area contributed by atoms with E-state index in [1.807, 2.05) is 79.2 Å². The smallest absolute Gasteiger partial charge is 0.291 e. The number of aliphatic imine (C=N–C) groups is 1. The summed E-state index contributed by atoms with van der Waals surface area (Å²) in [5, 5.41) is 13.5. The number of fused-ring (bicyclic) bond motifs is 1. The number of amides is 1. The Kier molecular flexibility index (Phi) is 8.14. The van der Waals surface area contributed by atoms with E-state index in [1.54, 1.807) is 29.1 Å². The van der Waals surface area contributed by atoms with E-state index >= 15 is 0 Å². The van der Waals surface area contributed by atoms with Crippen LogP contribution in [-0.4, -0.2) is 29.4 Å². The molecule has 0 spiro atoms. The lowest BCUT2D eigenvalue weighted by Crippen LogP contribution is -2.33. The zero-order valence-corrected chi connectivity index (χ0v) is 20.7. The lowest BCUT2D eigenvalue weighted by Gasteiger charge is -2.16. The minimum atomic E-state index is -0.418. The van der Waals surface area contributed by atoms with Gasteiger partial charge >= 0.3 is 0 Å². The third-order valence-corrected chi connectivity index (χ3v) is 6.53. The Morgan fingerprint density at radius 1 is 1.45 bits per heavy atom. The van der Waals surface area contributed by atoms with Crippen molar-refractivity contribution in [3.05, 3.63) is 55.6 Å². The number of nitrogens with zero attached hydrogens (tertiary/aromatic N) is 6. The quantitative estimate of drug-likeness (QED) is 0.212. The van der Waals surface area contributed by atoms with Gasteiger partial charge < -0.3 is 0 Å². The molecule has 1 amide bonds. The maximum absolute atomic E-state index is 12.8. The summed E-state index contributed by atoms with van der Waals surface area (Å²) in [4.78, 5) is 29.6. The van der Waals surface area contributed by atoms with Crippen LogP contribution < -0.4 is 5.56 Å². The topological polar surface area (TPSA) is 95.8 Å². The normalized spacial score (nSPS) is 11.9. The van der Waals surface area contributed by atoms with Crippen molar-refractivity contribution in [1.82, 2.24) is 17.3 Å². The first kappa shape index (κ1) is 23.3. The zero-order chi connectivity index (χ0) is 21.7. The summed E-state index contributed by atoms with van der Waals surface area (Å²) in [5.74, 6) is 0.302. The molecule has 152 valence electrons. The highest BCUT2D eigenvalue weighted by Gasteiger charge is 2.19. The third-order valence-electron chi connectivity index (χ3n) is 3.71. The van der Waals surface area contributed by atoms with Crippen molar-refractivity contribution in [2.45, 2.75) is 40.2 Å². The summed E-state index contributed by atoms with van der Waals surface area (Å²) in [5.41, 5.74) is 1.35. The van der Waals surface area contributed by atoms with E-state index in [1.165, 1.54) is 9.18 Å². The fraction of sp³-hybridized carbons (Fsp3) is 0.316. The van der Waals surface area contributed by atoms with Gasteiger partial charge in [-0.2, -0.15) is 10.4 Å². The molecule has 8 nitrogen and oxygen atoms in total. The van der Waals surface area contributed by atoms with Crippen molar-refractivity contribution in [1.29, 1.82) is 5.26 Å². The number of halogens is 2. The van der Waals surface area contributed by atoms with Gasteiger partial charge in [-0.3, -0.25) is 19.0 Å². The Hall–Kier alpha value is -2.01. The molecule has 2 aromatic heterocycles. The molecular formula is C19H20I2N6O2. The van der Waals surface area contributed by atoms with Crippen molar-refractivity contribution >= 4 is 63.1 Å². The van der Waals surface area contributed by atoms with Gasteiger partial charge in [-0.05, 0) is 48.6 Å². The Labute approximate surface area is 196 Å². The van der Waals surface area contributed by atoms with Crippen LogP contribution in [0.3, 0.4) is 0 Å². The highest BCUT2D eigenvalue weighted by molar-refractivity contribution is 14.1. The molecule has 0 N–H and O–H groups in total. The SMILES string of the molecule is CC(C)=CN=C/C=C(\I)N(I)C(=O)Cn1nc(C(C)C)n2cc(C#N)cc2c1=O. The van der Waals surface area contributed by atoms with E-state index in [0.717, 1.165) is 10.3 Å². The molecule has 2 rings (SSSR count). The monoisotopic (exact) mass is 618 g/mol. The Morgan fingerprint density at radius 2 is 2.14 bits per heavy atom. The fourth-order valence-corrected chi connectivity index (χ4v) is 3.14. The first-order valence-electron chi connectivity index (χ1n) is 8.70. The summed E-state index contributed by atoms with van der Waals surface area (Å²) in [7, 11) is 0. The van der Waals surface area contributed by atoms with Crippen LogP contribution in [0.1, 0.15) is 45.0 Å². The Morgan fingerprint density at radius 3 is 2.72 bits per heavy atom. The van der Waals surface area contributed by atoms with Crippen LogP contribution in [0.25, 0.3) is 5.52 Å². The van der Waals surface area contributed by atoms with Gasteiger partial charge in [0.1, 0.15) is 24.0 Å². The minimum absolute atomic E-state index is 0.000389. The lowest BCUT2D eigenvalue weighted by atomic mass is 10.2. The second kappa shape index (κ2) is 10.1. The van der Waals surface area contributed by atoms with Gasteiger partial charge in [0.25, 0.3) is 11.5 Å². The van der Waals surface area contributed by atoms with E-state index in [2.05, 4.69) is 10.1 Å². The average Bonchev–Trinajstić information content (AvgIpc) is 3.10. The molecule has 2 heterocycles. The number of aromatic nitrogens is 3. The van der Waals surface area contributed by atoms with Crippen molar-refractivity contribution in [3.63, 3.8) is 0 Å². The Bertz CT molecular complexity index is 1110. The first-order valence-corrected chi connectivity index (χ1v) is 10.7. The van der Waals surface area contributed by atoms with Crippen LogP contribution in [0.15, 0.2) is 43.6 Å². The molecule has 0 radical (unpaired) electrons. The Balaban J connectivity index is 2.34. The summed E-state index contributed by atoms with van der Waals surface area (Å²) in [6.45, 7) is 7.55. The summed E-state index contributed by atoms with van der Waals surface area (Å²) in [6.07, 6.45) is 6.62. The van der Waals surface area contributed by atoms with E-state index < -0.39 is 5.56 Å². The van der Waals surface area contributed by atoms with Crippen LogP contribution in [0.4, 0.5) is 0 Å². The zero-order valence-electron chi connectivity index (χ0n) is 16.4. The molecule has 0 saturated carbocycles. The second-order valence-electron chi connectivity index (χ2n) is 6.74. The lowest BCUT2D eigenvalue weighted by molar-refractivity contribution is -0.124. The third kappa shape index (κ3) is 5.75. The van der Waals surface area contributed by atoms with Gasteiger partial charge in [-0.15, -0.1) is 0 Å². The molecule has 0 aromatic carbocycles. The number of carbonyl (C=O) groups is 1. The van der Waals surface area contributed by atoms with Crippen LogP contribution in [0.5, 0.6) is 0 Å². The van der Waals surface area contributed by atoms with Crippen LogP contribution >= 0.6 is 45.5 Å². The van der Waals surface area contributed by atoms with Crippen LogP contribution in [0, 0.1) is 11.3 Å². The van der Waals surface area contributed by atoms with E-state index in [9.17, 15) is 9.59 Å². The fourth-order valence-electron chi connectivity index (χ4n) is 2.40. The molecule has 10 heteroatoms. The van der Waals surface area contributed by atoms with E-state index in [-0.39, 0.29) is 18.4 Å². The van der Waals surface area contributed by atoms with Gasteiger partial charge in [-0.25, -0.2) is 7.80 Å². The van der Waals surface area contributed by atoms with Crippen molar-refractivity contribution in [2.24, 2.45) is 4.99 Å². The maximum atomic E-state index is 12.8. The molecule has 0 aliphatic heterocycles. The van der Waals surface area contributed by atoms with Gasteiger partial charge in [0.05, 0.1) is 32.1 Å². The predicted octanol–water partition coefficient (Wildman–Crippen LogP) is 3.94. The van der Waals surface area contributed by atoms with Gasteiger partial charge in [0, 0.05) is 24.5 Å². The minimum Gasteiger partial charge on any atom is -0.297 e. The number of rotatable bonds is 6. The number of hydrogen-bond acceptors (Lipinski definition) is 5. The molecule has 0 atom stereocenters. The molecule has 0 bridgehead atoms. The van der Waals surface area contributed by atoms with E-state index in [4.69, 9.17) is 5.26 Å². The number of allylic oxidation sites excluding steroid dienone is 2. The summed E-state index contributed by atoms with van der Waals surface area (Å²) < 4.78 is 4.84. The molecular weight excluding hydrogens is 598 g/mol. The van der Waals surface area contributed by atoms with Crippen LogP contribution in [0.2, 0.25) is 0 Å². The molecule has 0 fully saturated rings. The number of nitriles is 1. The molecule has 0 aliphatic rings. The first-order chi connectivity index (χ1) is 13.6. The maximum Gasteiger partial charge on any atom is 0.291 e. The van der Waals surface area contributed by atoms with Crippen molar-refractivity contribution in [2.75, 3.05) is 0 Å². The highest BCUT2D eigenvalue weighted by Crippen LogP contribution is 2.19. The summed E-state index contributed by atoms with van der Waals surface area (Å²) >= 11 is 3.92. The van der Waals surface area contributed by atoms with Gasteiger partial charge in [-0.1, -0.05) is 19.4 Å². The number of hydrogen-bond donors (Lipinski definition) is 0. The molecule has 0 unspecified atom stereocenters. The molecule has 0 saturated heterocycles. The standard InChI is InChI=1S/C19H20I2N6O2/c1-12(2)9-23-6-5-16(20)27(21)17(28)11-26-19(29)15-7-14(8-22)10-25(15)18(24-26)13(3)4/h5-7,9-10,13H,11H2,1-4H3/b16-5+,23-6?. The molecule has 29 heavy (non-hydrogen) atoms. The van der Waals surface area contributed by atoms with E-state index in [0.29, 0.717) is 20.6 Å².